The maximum Gasteiger partial charge on any atom is 0.211 e. The van der Waals surface area contributed by atoms with E-state index in [-0.39, 0.29) is 6.04 Å². The van der Waals surface area contributed by atoms with Crippen LogP contribution in [0.4, 0.5) is 0 Å². The summed E-state index contributed by atoms with van der Waals surface area (Å²) in [5.41, 5.74) is 2.72. The van der Waals surface area contributed by atoms with Crippen LogP contribution in [-0.4, -0.2) is 48.5 Å². The maximum atomic E-state index is 12.0. The Morgan fingerprint density at radius 1 is 1.04 bits per heavy atom. The molecule has 3 aliphatic rings. The van der Waals surface area contributed by atoms with Crippen LogP contribution in [0.2, 0.25) is 0 Å². The molecule has 2 aromatic carbocycles. The van der Waals surface area contributed by atoms with E-state index in [2.05, 4.69) is 23.2 Å². The Hall–Kier alpha value is -2.38. The molecule has 1 fully saturated rings. The SMILES string of the molecule is CS(=O)(=O)N1CCC2(CC1)Oc1ccccc1C1CC(c3ccccc3)=NN12. The van der Waals surface area contributed by atoms with Crippen LogP contribution in [0.5, 0.6) is 5.75 Å². The number of benzene rings is 2. The monoisotopic (exact) mass is 397 g/mol. The van der Waals surface area contributed by atoms with Gasteiger partial charge in [-0.05, 0) is 11.6 Å². The molecule has 146 valence electrons. The van der Waals surface area contributed by atoms with E-state index in [4.69, 9.17) is 9.84 Å². The molecule has 7 heteroatoms. The molecule has 1 unspecified atom stereocenters. The minimum atomic E-state index is -3.19. The number of ether oxygens (including phenoxy) is 1. The molecule has 1 spiro atoms. The van der Waals surface area contributed by atoms with Crippen LogP contribution in [0.15, 0.2) is 59.7 Å². The van der Waals surface area contributed by atoms with Crippen LogP contribution in [0, 0.1) is 0 Å². The van der Waals surface area contributed by atoms with Crippen molar-refractivity contribution in [2.45, 2.75) is 31.0 Å². The Balaban J connectivity index is 1.54. The van der Waals surface area contributed by atoms with Crippen molar-refractivity contribution in [1.29, 1.82) is 0 Å². The third kappa shape index (κ3) is 2.81. The van der Waals surface area contributed by atoms with Gasteiger partial charge in [0, 0.05) is 37.9 Å². The van der Waals surface area contributed by atoms with Crippen molar-refractivity contribution in [1.82, 2.24) is 9.31 Å². The van der Waals surface area contributed by atoms with E-state index in [0.717, 1.165) is 29.0 Å². The Kier molecular flexibility index (Phi) is 4.00. The van der Waals surface area contributed by atoms with Gasteiger partial charge in [-0.2, -0.15) is 5.10 Å². The quantitative estimate of drug-likeness (QED) is 0.782. The Labute approximate surface area is 165 Å². The summed E-state index contributed by atoms with van der Waals surface area (Å²) in [6.45, 7) is 0.890. The standard InChI is InChI=1S/C21H23N3O3S/c1-28(25,26)23-13-11-21(12-14-23)24-19(17-9-5-6-10-20(17)27-21)15-18(22-24)16-7-3-2-4-8-16/h2-10,19H,11-15H2,1H3. The van der Waals surface area contributed by atoms with Gasteiger partial charge in [0.25, 0.3) is 0 Å². The number of hydrazone groups is 1. The second-order valence-electron chi connectivity index (χ2n) is 7.73. The van der Waals surface area contributed by atoms with E-state index in [9.17, 15) is 8.42 Å². The van der Waals surface area contributed by atoms with Gasteiger partial charge in [0.2, 0.25) is 15.7 Å². The van der Waals surface area contributed by atoms with Crippen molar-refractivity contribution in [3.63, 3.8) is 0 Å². The molecule has 6 nitrogen and oxygen atoms in total. The fourth-order valence-electron chi connectivity index (χ4n) is 4.53. The molecule has 0 N–H and O–H groups in total. The van der Waals surface area contributed by atoms with Crippen molar-refractivity contribution in [2.24, 2.45) is 5.10 Å². The fraction of sp³-hybridized carbons (Fsp3) is 0.381. The third-order valence-corrected chi connectivity index (χ3v) is 7.29. The van der Waals surface area contributed by atoms with Gasteiger partial charge in [0.15, 0.2) is 0 Å². The highest BCUT2D eigenvalue weighted by Gasteiger charge is 2.52. The summed E-state index contributed by atoms with van der Waals surface area (Å²) in [6, 6.07) is 18.5. The maximum absolute atomic E-state index is 12.0. The van der Waals surface area contributed by atoms with Gasteiger partial charge in [0.1, 0.15) is 5.75 Å². The normalized spacial score (nSPS) is 23.7. The molecule has 0 aliphatic carbocycles. The van der Waals surface area contributed by atoms with Crippen LogP contribution >= 0.6 is 0 Å². The van der Waals surface area contributed by atoms with Crippen LogP contribution in [0.1, 0.15) is 36.4 Å². The lowest BCUT2D eigenvalue weighted by atomic mass is 9.91. The first-order valence-electron chi connectivity index (χ1n) is 9.62. The zero-order valence-corrected chi connectivity index (χ0v) is 16.6. The van der Waals surface area contributed by atoms with E-state index >= 15 is 0 Å². The summed E-state index contributed by atoms with van der Waals surface area (Å²) in [5, 5.41) is 7.11. The number of sulfonamides is 1. The molecule has 2 aromatic rings. The minimum absolute atomic E-state index is 0.116. The van der Waals surface area contributed by atoms with Gasteiger partial charge in [-0.3, -0.25) is 0 Å². The molecule has 3 aliphatic heterocycles. The number of fused-ring (bicyclic) bond motifs is 4. The Morgan fingerprint density at radius 3 is 2.43 bits per heavy atom. The van der Waals surface area contributed by atoms with Gasteiger partial charge in [0.05, 0.1) is 18.0 Å². The van der Waals surface area contributed by atoms with Gasteiger partial charge in [-0.1, -0.05) is 48.5 Å². The molecule has 0 amide bonds. The lowest BCUT2D eigenvalue weighted by Crippen LogP contribution is -2.59. The molecule has 1 saturated heterocycles. The average molecular weight is 398 g/mol. The first-order valence-corrected chi connectivity index (χ1v) is 11.5. The van der Waals surface area contributed by atoms with Crippen molar-refractivity contribution in [2.75, 3.05) is 19.3 Å². The van der Waals surface area contributed by atoms with Crippen LogP contribution in [0.25, 0.3) is 0 Å². The second kappa shape index (κ2) is 6.32. The first kappa shape index (κ1) is 17.7. The first-order chi connectivity index (χ1) is 13.5. The molecule has 1 atom stereocenters. The van der Waals surface area contributed by atoms with Crippen LogP contribution < -0.4 is 4.74 Å². The van der Waals surface area contributed by atoms with E-state index in [1.54, 1.807) is 0 Å². The molecule has 28 heavy (non-hydrogen) atoms. The van der Waals surface area contributed by atoms with Gasteiger partial charge in [-0.25, -0.2) is 17.7 Å². The zero-order valence-electron chi connectivity index (χ0n) is 15.8. The summed E-state index contributed by atoms with van der Waals surface area (Å²) in [7, 11) is -3.19. The fourth-order valence-corrected chi connectivity index (χ4v) is 5.38. The molecule has 0 aromatic heterocycles. The van der Waals surface area contributed by atoms with Crippen molar-refractivity contribution in [3.8, 4) is 5.75 Å². The molecule has 0 radical (unpaired) electrons. The highest BCUT2D eigenvalue weighted by molar-refractivity contribution is 7.88. The van der Waals surface area contributed by atoms with E-state index in [0.29, 0.717) is 25.9 Å². The summed E-state index contributed by atoms with van der Waals surface area (Å²) >= 11 is 0. The number of piperidine rings is 1. The van der Waals surface area contributed by atoms with Crippen molar-refractivity contribution >= 4 is 15.7 Å². The highest BCUT2D eigenvalue weighted by Crippen LogP contribution is 2.49. The number of para-hydroxylation sites is 1. The van der Waals surface area contributed by atoms with Crippen LogP contribution in [0.3, 0.4) is 0 Å². The predicted octanol–water partition coefficient (Wildman–Crippen LogP) is 2.98. The Bertz CT molecular complexity index is 1030. The second-order valence-corrected chi connectivity index (χ2v) is 9.71. The molecule has 0 bridgehead atoms. The number of hydrogen-bond donors (Lipinski definition) is 0. The molecule has 0 saturated carbocycles. The van der Waals surface area contributed by atoms with Gasteiger partial charge >= 0.3 is 0 Å². The number of rotatable bonds is 2. The van der Waals surface area contributed by atoms with E-state index < -0.39 is 15.7 Å². The van der Waals surface area contributed by atoms with Gasteiger partial charge < -0.3 is 4.74 Å². The summed E-state index contributed by atoms with van der Waals surface area (Å²) in [4.78, 5) is 0. The highest BCUT2D eigenvalue weighted by atomic mass is 32.2. The largest absolute Gasteiger partial charge is 0.466 e. The van der Waals surface area contributed by atoms with Crippen molar-refractivity contribution < 1.29 is 13.2 Å². The minimum Gasteiger partial charge on any atom is -0.466 e. The third-order valence-electron chi connectivity index (χ3n) is 5.99. The zero-order chi connectivity index (χ0) is 19.4. The molecular weight excluding hydrogens is 374 g/mol. The average Bonchev–Trinajstić information content (AvgIpc) is 3.15. The van der Waals surface area contributed by atoms with Gasteiger partial charge in [-0.15, -0.1) is 0 Å². The summed E-state index contributed by atoms with van der Waals surface area (Å²) in [6.07, 6.45) is 3.28. The molecule has 5 rings (SSSR count). The Morgan fingerprint density at radius 2 is 1.71 bits per heavy atom. The van der Waals surface area contributed by atoms with E-state index in [1.807, 2.05) is 36.4 Å². The lowest BCUT2D eigenvalue weighted by molar-refractivity contribution is -0.143. The van der Waals surface area contributed by atoms with Crippen molar-refractivity contribution in [3.05, 3.63) is 65.7 Å². The molecule has 3 heterocycles. The summed E-state index contributed by atoms with van der Waals surface area (Å²) < 4.78 is 32.0. The number of nitrogens with zero attached hydrogens (tertiary/aromatic N) is 3. The van der Waals surface area contributed by atoms with E-state index in [1.165, 1.54) is 10.6 Å². The lowest BCUT2D eigenvalue weighted by Gasteiger charge is -2.50. The topological polar surface area (TPSA) is 62.2 Å². The summed E-state index contributed by atoms with van der Waals surface area (Å²) in [5.74, 6) is 0.890. The molecular formula is C21H23N3O3S. The smallest absolute Gasteiger partial charge is 0.211 e. The number of hydrogen-bond acceptors (Lipinski definition) is 5. The van der Waals surface area contributed by atoms with Crippen LogP contribution in [-0.2, 0) is 10.0 Å². The predicted molar refractivity (Wildman–Crippen MR) is 108 cm³/mol.